The number of aromatic nitrogens is 2. The van der Waals surface area contributed by atoms with Gasteiger partial charge in [0.25, 0.3) is 5.94 Å². The van der Waals surface area contributed by atoms with Crippen molar-refractivity contribution in [3.63, 3.8) is 0 Å². The van der Waals surface area contributed by atoms with Gasteiger partial charge in [0.2, 0.25) is 5.95 Å². The highest BCUT2D eigenvalue weighted by atomic mass is 32.2. The summed E-state index contributed by atoms with van der Waals surface area (Å²) in [4.78, 5) is 11.6. The Labute approximate surface area is 201 Å². The van der Waals surface area contributed by atoms with E-state index in [1.54, 1.807) is 30.6 Å². The molecule has 0 bridgehead atoms. The van der Waals surface area contributed by atoms with Crippen molar-refractivity contribution in [1.82, 2.24) is 9.97 Å². The van der Waals surface area contributed by atoms with E-state index in [-0.39, 0.29) is 11.7 Å². The van der Waals surface area contributed by atoms with Crippen molar-refractivity contribution < 1.29 is 23.2 Å². The summed E-state index contributed by atoms with van der Waals surface area (Å²) in [6, 6.07) is 10.4. The fraction of sp³-hybridized carbons (Fsp3) is 0.360. The van der Waals surface area contributed by atoms with Gasteiger partial charge < -0.3 is 23.7 Å². The zero-order chi connectivity index (χ0) is 23.5. The van der Waals surface area contributed by atoms with Crippen LogP contribution in [-0.2, 0) is 11.2 Å². The Morgan fingerprint density at radius 2 is 1.82 bits per heavy atom. The highest BCUT2D eigenvalue weighted by Crippen LogP contribution is 2.36. The average molecular weight is 484 g/mol. The van der Waals surface area contributed by atoms with Gasteiger partial charge in [-0.3, -0.25) is 0 Å². The van der Waals surface area contributed by atoms with Crippen LogP contribution in [0.25, 0.3) is 11.1 Å². The van der Waals surface area contributed by atoms with E-state index in [2.05, 4.69) is 14.9 Å². The highest BCUT2D eigenvalue weighted by Gasteiger charge is 2.26. The first-order chi connectivity index (χ1) is 16.6. The molecule has 178 valence electrons. The van der Waals surface area contributed by atoms with Crippen LogP contribution in [0.3, 0.4) is 0 Å². The number of ether oxygens (including phenoxy) is 3. The molecule has 2 aliphatic rings. The molecule has 1 atom stereocenters. The number of hydrogen-bond acceptors (Lipinski definition) is 7. The van der Waals surface area contributed by atoms with E-state index in [9.17, 15) is 8.94 Å². The molecule has 5 rings (SSSR count). The molecule has 1 aromatic heterocycles. The van der Waals surface area contributed by atoms with Crippen LogP contribution in [-0.4, -0.2) is 46.8 Å². The van der Waals surface area contributed by atoms with Gasteiger partial charge in [0.05, 0.1) is 25.6 Å². The Hall–Kier alpha value is -3.04. The Kier molecular flexibility index (Phi) is 6.73. The number of piperidine rings is 1. The summed E-state index contributed by atoms with van der Waals surface area (Å²) in [5.41, 5.74) is 1.53. The third kappa shape index (κ3) is 4.90. The van der Waals surface area contributed by atoms with Crippen molar-refractivity contribution in [3.05, 3.63) is 54.6 Å². The molecule has 3 heterocycles. The molecule has 0 amide bonds. The van der Waals surface area contributed by atoms with E-state index in [0.717, 1.165) is 37.1 Å². The smallest absolute Gasteiger partial charge is 0.250 e. The normalized spacial score (nSPS) is 17.9. The lowest BCUT2D eigenvalue weighted by molar-refractivity contribution is 0.215. The van der Waals surface area contributed by atoms with E-state index in [1.165, 1.54) is 6.07 Å². The lowest BCUT2D eigenvalue weighted by Crippen LogP contribution is -2.36. The maximum atomic E-state index is 14.8. The first-order valence-corrected chi connectivity index (χ1v) is 12.7. The standard InChI is InChI=1S/C25H26FN3O4S/c1-2-31-20-13-27-25(28-14-20)29-9-7-17(8-10-29)15-32-22-5-3-18(11-21(22)26)19-4-6-24-23(12-19)33-16-34(24)30/h3-6,11-14,17H,2,7-10,15-16H2,1H3. The van der Waals surface area contributed by atoms with Crippen molar-refractivity contribution in [1.29, 1.82) is 0 Å². The van der Waals surface area contributed by atoms with Gasteiger partial charge in [0.1, 0.15) is 0 Å². The second kappa shape index (κ2) is 10.1. The zero-order valence-electron chi connectivity index (χ0n) is 18.9. The largest absolute Gasteiger partial charge is 0.609 e. The first-order valence-electron chi connectivity index (χ1n) is 11.4. The summed E-state index contributed by atoms with van der Waals surface area (Å²) in [6.45, 7) is 4.63. The van der Waals surface area contributed by atoms with Crippen LogP contribution in [0.15, 0.2) is 53.7 Å². The first kappa shape index (κ1) is 22.7. The highest BCUT2D eigenvalue weighted by molar-refractivity contribution is 7.91. The van der Waals surface area contributed by atoms with Crippen LogP contribution < -0.4 is 19.1 Å². The van der Waals surface area contributed by atoms with Crippen LogP contribution in [0, 0.1) is 11.7 Å². The van der Waals surface area contributed by atoms with E-state index >= 15 is 0 Å². The van der Waals surface area contributed by atoms with E-state index in [1.807, 2.05) is 19.1 Å². The van der Waals surface area contributed by atoms with Crippen LogP contribution in [0.2, 0.25) is 0 Å². The van der Waals surface area contributed by atoms with Gasteiger partial charge >= 0.3 is 0 Å². The fourth-order valence-corrected chi connectivity index (χ4v) is 5.11. The molecule has 1 saturated heterocycles. The Bertz CT molecular complexity index is 1140. The molecule has 0 spiro atoms. The molecule has 3 aromatic rings. The maximum absolute atomic E-state index is 14.8. The monoisotopic (exact) mass is 483 g/mol. The molecule has 0 N–H and O–H groups in total. The molecule has 2 aromatic carbocycles. The number of fused-ring (bicyclic) bond motifs is 1. The Morgan fingerprint density at radius 1 is 1.09 bits per heavy atom. The van der Waals surface area contributed by atoms with Crippen molar-refractivity contribution in [2.45, 2.75) is 24.7 Å². The minimum Gasteiger partial charge on any atom is -0.609 e. The summed E-state index contributed by atoms with van der Waals surface area (Å²) in [5.74, 6) is 2.33. The molecule has 0 aliphatic carbocycles. The van der Waals surface area contributed by atoms with Gasteiger partial charge in [-0.2, -0.15) is 0 Å². The van der Waals surface area contributed by atoms with Crippen molar-refractivity contribution in [2.75, 3.05) is 37.1 Å². The number of rotatable bonds is 7. The SMILES string of the molecule is CCOc1cnc(N2CCC(COc3ccc(-c4ccc5c(c4)OC[S+]5[O-])cc3F)CC2)nc1. The molecule has 2 aliphatic heterocycles. The molecule has 9 heteroatoms. The Morgan fingerprint density at radius 3 is 2.56 bits per heavy atom. The van der Waals surface area contributed by atoms with Crippen LogP contribution >= 0.6 is 0 Å². The topological polar surface area (TPSA) is 79.8 Å². The van der Waals surface area contributed by atoms with E-state index in [4.69, 9.17) is 14.2 Å². The summed E-state index contributed by atoms with van der Waals surface area (Å²) in [6.07, 6.45) is 5.24. The number of anilines is 1. The van der Waals surface area contributed by atoms with E-state index in [0.29, 0.717) is 41.5 Å². The van der Waals surface area contributed by atoms with Crippen molar-refractivity contribution in [2.24, 2.45) is 5.92 Å². The number of benzene rings is 2. The average Bonchev–Trinajstić information content (AvgIpc) is 3.24. The van der Waals surface area contributed by atoms with E-state index < -0.39 is 17.0 Å². The van der Waals surface area contributed by atoms with Gasteiger partial charge in [-0.1, -0.05) is 6.07 Å². The maximum Gasteiger partial charge on any atom is 0.250 e. The van der Waals surface area contributed by atoms with Crippen LogP contribution in [0.1, 0.15) is 19.8 Å². The van der Waals surface area contributed by atoms with Gasteiger partial charge in [0.15, 0.2) is 28.0 Å². The quantitative estimate of drug-likeness (QED) is 0.460. The summed E-state index contributed by atoms with van der Waals surface area (Å²) < 4.78 is 43.3. The summed E-state index contributed by atoms with van der Waals surface area (Å²) >= 11 is -1.12. The van der Waals surface area contributed by atoms with Crippen molar-refractivity contribution >= 4 is 17.1 Å². The number of hydrogen-bond donors (Lipinski definition) is 0. The zero-order valence-corrected chi connectivity index (χ0v) is 19.7. The molecule has 1 unspecified atom stereocenters. The second-order valence-electron chi connectivity index (χ2n) is 8.31. The van der Waals surface area contributed by atoms with Gasteiger partial charge in [0, 0.05) is 24.3 Å². The van der Waals surface area contributed by atoms with Crippen LogP contribution in [0.5, 0.6) is 17.2 Å². The lowest BCUT2D eigenvalue weighted by atomic mass is 9.98. The third-order valence-electron chi connectivity index (χ3n) is 6.07. The minimum absolute atomic E-state index is 0.173. The molecular weight excluding hydrogens is 457 g/mol. The fourth-order valence-electron chi connectivity index (χ4n) is 4.19. The summed E-state index contributed by atoms with van der Waals surface area (Å²) in [7, 11) is 0. The lowest BCUT2D eigenvalue weighted by Gasteiger charge is -2.31. The van der Waals surface area contributed by atoms with Gasteiger partial charge in [-0.05, 0) is 67.1 Å². The number of nitrogens with zero attached hydrogens (tertiary/aromatic N) is 3. The van der Waals surface area contributed by atoms with Crippen LogP contribution in [0.4, 0.5) is 10.3 Å². The Balaban J connectivity index is 1.15. The molecule has 0 saturated carbocycles. The van der Waals surface area contributed by atoms with Gasteiger partial charge in [-0.15, -0.1) is 0 Å². The molecule has 0 radical (unpaired) electrons. The number of halogens is 1. The summed E-state index contributed by atoms with van der Waals surface area (Å²) in [5, 5.41) is 0. The molecule has 7 nitrogen and oxygen atoms in total. The van der Waals surface area contributed by atoms with Crippen molar-refractivity contribution in [3.8, 4) is 28.4 Å². The predicted molar refractivity (Wildman–Crippen MR) is 127 cm³/mol. The van der Waals surface area contributed by atoms with Gasteiger partial charge in [-0.25, -0.2) is 14.4 Å². The molecule has 34 heavy (non-hydrogen) atoms. The third-order valence-corrected chi connectivity index (χ3v) is 7.23. The predicted octanol–water partition coefficient (Wildman–Crippen LogP) is 4.43. The molecule has 1 fully saturated rings. The molecular formula is C25H26FN3O4S. The minimum atomic E-state index is -1.12. The second-order valence-corrected chi connectivity index (χ2v) is 9.67.